The largest absolute Gasteiger partial charge is 0.346 e. The van der Waals surface area contributed by atoms with Crippen molar-refractivity contribution < 1.29 is 18.8 Å². The lowest BCUT2D eigenvalue weighted by atomic mass is 9.49. The highest BCUT2D eigenvalue weighted by Gasteiger charge is 2.53. The van der Waals surface area contributed by atoms with Crippen molar-refractivity contribution in [3.05, 3.63) is 35.6 Å². The lowest BCUT2D eigenvalue weighted by Crippen LogP contribution is -2.48. The van der Waals surface area contributed by atoms with E-state index in [1.165, 1.54) is 63.8 Å². The Morgan fingerprint density at radius 1 is 1.12 bits per heavy atom. The quantitative estimate of drug-likeness (QED) is 0.631. The minimum absolute atomic E-state index is 0.0969. The normalized spacial score (nSPS) is 35.6. The van der Waals surface area contributed by atoms with E-state index in [4.69, 9.17) is 0 Å². The number of hydrogen-bond donors (Lipinski definition) is 0. The number of amides is 3. The van der Waals surface area contributed by atoms with Crippen molar-refractivity contribution in [1.82, 2.24) is 9.80 Å². The second kappa shape index (κ2) is 7.67. The van der Waals surface area contributed by atoms with Gasteiger partial charge in [0.15, 0.2) is 0 Å². The fourth-order valence-electron chi connectivity index (χ4n) is 7.66. The molecule has 4 saturated carbocycles. The molecule has 0 spiro atoms. The summed E-state index contributed by atoms with van der Waals surface area (Å²) in [6, 6.07) is 5.77. The van der Waals surface area contributed by atoms with Gasteiger partial charge in [0.05, 0.1) is 5.41 Å². The molecule has 5 fully saturated rings. The number of carbonyl (C=O) groups excluding carboxylic acids is 3. The Morgan fingerprint density at radius 2 is 1.75 bits per heavy atom. The van der Waals surface area contributed by atoms with Gasteiger partial charge in [0.2, 0.25) is 17.7 Å². The summed E-state index contributed by atoms with van der Waals surface area (Å²) in [5.74, 6) is 1.23. The Balaban J connectivity index is 1.31. The molecule has 0 radical (unpaired) electrons. The van der Waals surface area contributed by atoms with E-state index < -0.39 is 17.1 Å². The molecule has 5 nitrogen and oxygen atoms in total. The van der Waals surface area contributed by atoms with E-state index in [2.05, 4.69) is 0 Å². The van der Waals surface area contributed by atoms with Crippen LogP contribution in [0.4, 0.5) is 4.39 Å². The molecule has 172 valence electrons. The summed E-state index contributed by atoms with van der Waals surface area (Å²) in [6.07, 6.45) is 8.89. The summed E-state index contributed by atoms with van der Waals surface area (Å²) in [6.45, 7) is 0.669. The molecule has 1 heterocycles. The van der Waals surface area contributed by atoms with Crippen molar-refractivity contribution in [2.45, 2.75) is 63.2 Å². The zero-order valence-electron chi connectivity index (χ0n) is 19.1. The van der Waals surface area contributed by atoms with Crippen molar-refractivity contribution in [3.8, 4) is 0 Å². The van der Waals surface area contributed by atoms with Gasteiger partial charge in [-0.3, -0.25) is 19.3 Å². The van der Waals surface area contributed by atoms with Gasteiger partial charge in [0, 0.05) is 33.5 Å². The fourth-order valence-corrected chi connectivity index (χ4v) is 7.66. The zero-order valence-corrected chi connectivity index (χ0v) is 19.1. The highest BCUT2D eigenvalue weighted by Crippen LogP contribution is 2.61. The van der Waals surface area contributed by atoms with Crippen LogP contribution in [0.2, 0.25) is 0 Å². The third kappa shape index (κ3) is 3.56. The number of halogens is 1. The van der Waals surface area contributed by atoms with E-state index in [0.29, 0.717) is 17.5 Å². The first-order valence-electron chi connectivity index (χ1n) is 12.0. The van der Waals surface area contributed by atoms with Crippen LogP contribution in [0.1, 0.15) is 63.4 Å². The van der Waals surface area contributed by atoms with Gasteiger partial charge in [-0.05, 0) is 85.8 Å². The molecule has 5 aliphatic rings. The van der Waals surface area contributed by atoms with Gasteiger partial charge in [-0.1, -0.05) is 12.1 Å². The lowest BCUT2D eigenvalue weighted by Gasteiger charge is -2.57. The third-order valence-corrected chi connectivity index (χ3v) is 8.94. The van der Waals surface area contributed by atoms with Crippen LogP contribution in [-0.4, -0.2) is 48.2 Å². The second-order valence-electron chi connectivity index (χ2n) is 11.2. The molecule has 1 unspecified atom stereocenters. The van der Waals surface area contributed by atoms with E-state index in [1.807, 2.05) is 0 Å². The molecular formula is C26H33FN2O3. The highest BCUT2D eigenvalue weighted by atomic mass is 19.1. The first-order valence-corrected chi connectivity index (χ1v) is 12.0. The summed E-state index contributed by atoms with van der Waals surface area (Å²) in [5, 5.41) is 0. The number of likely N-dealkylation sites (tertiary alicyclic amines) is 1. The van der Waals surface area contributed by atoms with E-state index in [-0.39, 0.29) is 24.7 Å². The van der Waals surface area contributed by atoms with Crippen LogP contribution in [0, 0.1) is 29.0 Å². The SMILES string of the molecule is CN(CCC12CC3CC(CC(C3)C1)C2)C(=O)CC1(c2cccc(F)c2)CC(=O)N(C)C1=O. The number of hydrogen-bond acceptors (Lipinski definition) is 3. The molecule has 6 rings (SSSR count). The van der Waals surface area contributed by atoms with Crippen LogP contribution < -0.4 is 0 Å². The second-order valence-corrected chi connectivity index (χ2v) is 11.2. The van der Waals surface area contributed by atoms with Crippen LogP contribution in [0.15, 0.2) is 24.3 Å². The van der Waals surface area contributed by atoms with Crippen molar-refractivity contribution in [2.24, 2.45) is 23.2 Å². The van der Waals surface area contributed by atoms with Gasteiger partial charge in [0.25, 0.3) is 0 Å². The van der Waals surface area contributed by atoms with Crippen LogP contribution in [0.25, 0.3) is 0 Å². The molecule has 32 heavy (non-hydrogen) atoms. The first kappa shape index (κ1) is 21.6. The Morgan fingerprint density at radius 3 is 2.28 bits per heavy atom. The standard InChI is InChI=1S/C26H33FN2O3/c1-28(7-6-25-12-17-8-18(13-25)10-19(9-17)14-25)22(30)15-26(16-23(31)29(2)24(26)32)20-4-3-5-21(27)11-20/h3-5,11,17-19H,6-10,12-16H2,1-2H3. The van der Waals surface area contributed by atoms with Crippen LogP contribution in [0.3, 0.4) is 0 Å². The molecule has 4 aliphatic carbocycles. The van der Waals surface area contributed by atoms with Crippen molar-refractivity contribution in [1.29, 1.82) is 0 Å². The summed E-state index contributed by atoms with van der Waals surface area (Å²) >= 11 is 0. The first-order chi connectivity index (χ1) is 15.2. The maximum absolute atomic E-state index is 14.0. The van der Waals surface area contributed by atoms with Crippen molar-refractivity contribution in [2.75, 3.05) is 20.6 Å². The van der Waals surface area contributed by atoms with Gasteiger partial charge in [-0.2, -0.15) is 0 Å². The summed E-state index contributed by atoms with van der Waals surface area (Å²) in [7, 11) is 3.24. The molecule has 3 amide bonds. The Labute approximate surface area is 189 Å². The number of likely N-dealkylation sites (N-methyl/N-ethyl adjacent to an activating group) is 1. The predicted octanol–water partition coefficient (Wildman–Crippen LogP) is 3.91. The van der Waals surface area contributed by atoms with Crippen molar-refractivity contribution >= 4 is 17.7 Å². The predicted molar refractivity (Wildman–Crippen MR) is 118 cm³/mol. The summed E-state index contributed by atoms with van der Waals surface area (Å²) < 4.78 is 14.0. The third-order valence-electron chi connectivity index (χ3n) is 8.94. The molecule has 6 heteroatoms. The number of rotatable bonds is 6. The molecule has 4 bridgehead atoms. The maximum Gasteiger partial charge on any atom is 0.240 e. The van der Waals surface area contributed by atoms with Gasteiger partial charge < -0.3 is 4.90 Å². The summed E-state index contributed by atoms with van der Waals surface area (Å²) in [5.41, 5.74) is -0.536. The molecule has 1 aromatic carbocycles. The monoisotopic (exact) mass is 440 g/mol. The highest BCUT2D eigenvalue weighted by molar-refractivity contribution is 6.10. The number of imide groups is 1. The van der Waals surface area contributed by atoms with Gasteiger partial charge >= 0.3 is 0 Å². The number of carbonyl (C=O) groups is 3. The topological polar surface area (TPSA) is 57.7 Å². The maximum atomic E-state index is 14.0. The molecule has 1 aromatic rings. The zero-order chi connectivity index (χ0) is 22.7. The van der Waals surface area contributed by atoms with Gasteiger partial charge in [0.1, 0.15) is 5.82 Å². The van der Waals surface area contributed by atoms with Crippen LogP contribution in [-0.2, 0) is 19.8 Å². The summed E-state index contributed by atoms with van der Waals surface area (Å²) in [4.78, 5) is 41.6. The number of benzene rings is 1. The van der Waals surface area contributed by atoms with E-state index in [9.17, 15) is 18.8 Å². The van der Waals surface area contributed by atoms with Gasteiger partial charge in [-0.15, -0.1) is 0 Å². The van der Waals surface area contributed by atoms with Crippen LogP contribution in [0.5, 0.6) is 0 Å². The molecule has 0 aromatic heterocycles. The van der Waals surface area contributed by atoms with E-state index in [0.717, 1.165) is 29.1 Å². The Kier molecular flexibility index (Phi) is 5.18. The minimum atomic E-state index is -1.32. The molecule has 1 aliphatic heterocycles. The van der Waals surface area contributed by atoms with Gasteiger partial charge in [-0.25, -0.2) is 4.39 Å². The minimum Gasteiger partial charge on any atom is -0.346 e. The average Bonchev–Trinajstić information content (AvgIpc) is 2.95. The van der Waals surface area contributed by atoms with Crippen LogP contribution >= 0.6 is 0 Å². The average molecular weight is 441 g/mol. The van der Waals surface area contributed by atoms with E-state index >= 15 is 0 Å². The van der Waals surface area contributed by atoms with E-state index in [1.54, 1.807) is 18.0 Å². The smallest absolute Gasteiger partial charge is 0.240 e. The molecule has 1 saturated heterocycles. The van der Waals surface area contributed by atoms with Crippen molar-refractivity contribution in [3.63, 3.8) is 0 Å². The molecule has 0 N–H and O–H groups in total. The molecular weight excluding hydrogens is 407 g/mol. The lowest BCUT2D eigenvalue weighted by molar-refractivity contribution is -0.141. The Hall–Kier alpha value is -2.24. The fraction of sp³-hybridized carbons (Fsp3) is 0.654. The number of nitrogens with zero attached hydrogens (tertiary/aromatic N) is 2. The molecule has 1 atom stereocenters. The Bertz CT molecular complexity index is 925.